The summed E-state index contributed by atoms with van der Waals surface area (Å²) in [7, 11) is 0. The van der Waals surface area contributed by atoms with E-state index < -0.39 is 18.1 Å². The average Bonchev–Trinajstić information content (AvgIpc) is 3.07. The Morgan fingerprint density at radius 1 is 1.21 bits per heavy atom. The smallest absolute Gasteiger partial charge is 0.290 e. The highest BCUT2D eigenvalue weighted by molar-refractivity contribution is 5.76. The summed E-state index contributed by atoms with van der Waals surface area (Å²) in [5, 5.41) is 0. The van der Waals surface area contributed by atoms with E-state index in [0.717, 1.165) is 13.1 Å². The molecule has 28 heavy (non-hydrogen) atoms. The minimum absolute atomic E-state index is 0.150. The molecule has 1 aromatic rings. The van der Waals surface area contributed by atoms with Crippen molar-refractivity contribution in [1.29, 1.82) is 0 Å². The number of rotatable bonds is 4. The summed E-state index contributed by atoms with van der Waals surface area (Å²) < 4.78 is 43.0. The number of carbonyl (C=O) groups excluding carboxylic acids is 1. The molecule has 8 heteroatoms. The van der Waals surface area contributed by atoms with Crippen LogP contribution in [-0.2, 0) is 17.1 Å². The lowest BCUT2D eigenvalue weighted by Gasteiger charge is -2.43. The lowest BCUT2D eigenvalue weighted by atomic mass is 9.92. The molecule has 1 saturated carbocycles. The maximum atomic E-state index is 14.7. The van der Waals surface area contributed by atoms with Crippen molar-refractivity contribution in [1.82, 2.24) is 9.97 Å². The largest absolute Gasteiger partial charge is 0.356 e. The summed E-state index contributed by atoms with van der Waals surface area (Å²) in [5.41, 5.74) is 0.378. The van der Waals surface area contributed by atoms with E-state index in [9.17, 15) is 18.0 Å². The second-order valence-corrected chi connectivity index (χ2v) is 8.94. The van der Waals surface area contributed by atoms with Gasteiger partial charge >= 0.3 is 0 Å². The molecular weight excluding hydrogens is 369 g/mol. The maximum Gasteiger partial charge on any atom is 0.290 e. The number of ketones is 1. The zero-order valence-electron chi connectivity index (χ0n) is 16.2. The van der Waals surface area contributed by atoms with Crippen molar-refractivity contribution in [2.45, 2.75) is 57.7 Å². The van der Waals surface area contributed by atoms with Crippen LogP contribution in [0.3, 0.4) is 0 Å². The number of aromatic nitrogens is 2. The Hall–Kier alpha value is -1.86. The fraction of sp³-hybridized carbons (Fsp3) is 0.750. The highest BCUT2D eigenvalue weighted by atomic mass is 19.3. The van der Waals surface area contributed by atoms with Crippen molar-refractivity contribution in [2.75, 3.05) is 29.4 Å². The molecule has 0 bridgehead atoms. The van der Waals surface area contributed by atoms with Gasteiger partial charge in [0.2, 0.25) is 5.95 Å². The number of alkyl halides is 3. The van der Waals surface area contributed by atoms with Gasteiger partial charge in [-0.1, -0.05) is 0 Å². The van der Waals surface area contributed by atoms with E-state index in [-0.39, 0.29) is 30.4 Å². The quantitative estimate of drug-likeness (QED) is 0.786. The molecule has 3 heterocycles. The van der Waals surface area contributed by atoms with Crippen molar-refractivity contribution < 1.29 is 18.0 Å². The van der Waals surface area contributed by atoms with E-state index >= 15 is 0 Å². The molecule has 0 N–H and O–H groups in total. The standard InChI is InChI=1S/C20H25F3N4O/c1-10(28)6-13-14-7-26(8-15(13)14)18-12-4-3-5-20(22,23)17(12)24-19(25-18)27-9-16(21)11(27)2/h11,13-16H,3-9H2,1-2H3/t11?,13?,14-,15+,16?. The summed E-state index contributed by atoms with van der Waals surface area (Å²) in [6.45, 7) is 4.99. The van der Waals surface area contributed by atoms with Gasteiger partial charge in [0.1, 0.15) is 23.5 Å². The summed E-state index contributed by atoms with van der Waals surface area (Å²) in [6, 6.07) is -0.393. The number of Topliss-reactive ketones (excluding diaryl/α,β-unsaturated/α-hetero) is 1. The third kappa shape index (κ3) is 2.70. The fourth-order valence-electron chi connectivity index (χ4n) is 5.27. The number of nitrogens with zero attached hydrogens (tertiary/aromatic N) is 4. The second kappa shape index (κ2) is 6.07. The zero-order chi connectivity index (χ0) is 19.8. The third-order valence-electron chi connectivity index (χ3n) is 7.07. The minimum atomic E-state index is -2.97. The highest BCUT2D eigenvalue weighted by Crippen LogP contribution is 2.55. The van der Waals surface area contributed by atoms with Gasteiger partial charge in [-0.05, 0) is 44.4 Å². The first kappa shape index (κ1) is 18.2. The normalized spacial score (nSPS) is 35.2. The van der Waals surface area contributed by atoms with E-state index in [1.807, 2.05) is 0 Å². The molecule has 0 spiro atoms. The number of fused-ring (bicyclic) bond motifs is 2. The van der Waals surface area contributed by atoms with Crippen LogP contribution >= 0.6 is 0 Å². The predicted octanol–water partition coefficient (Wildman–Crippen LogP) is 3.11. The Labute approximate surface area is 162 Å². The SMILES string of the molecule is CC(=O)CC1[C@H]2CN(c3nc(N4CC(F)C4C)nc4c3CCCC4(F)F)C[C@@H]12. The third-order valence-corrected chi connectivity index (χ3v) is 7.07. The lowest BCUT2D eigenvalue weighted by molar-refractivity contribution is -0.117. The van der Waals surface area contributed by atoms with E-state index in [1.54, 1.807) is 18.7 Å². The highest BCUT2D eigenvalue weighted by Gasteiger charge is 2.56. The van der Waals surface area contributed by atoms with Crippen molar-refractivity contribution in [3.8, 4) is 0 Å². The topological polar surface area (TPSA) is 49.3 Å². The van der Waals surface area contributed by atoms with Gasteiger partial charge in [-0.2, -0.15) is 13.8 Å². The van der Waals surface area contributed by atoms with Gasteiger partial charge in [0.25, 0.3) is 5.92 Å². The molecule has 5 rings (SSSR count). The molecule has 3 fully saturated rings. The number of hydrogen-bond donors (Lipinski definition) is 0. The minimum Gasteiger partial charge on any atom is -0.356 e. The van der Waals surface area contributed by atoms with Gasteiger partial charge in [0.15, 0.2) is 0 Å². The molecule has 2 saturated heterocycles. The molecule has 0 amide bonds. The van der Waals surface area contributed by atoms with Crippen LogP contribution in [0.2, 0.25) is 0 Å². The first-order valence-corrected chi connectivity index (χ1v) is 10.2. The summed E-state index contributed by atoms with van der Waals surface area (Å²) >= 11 is 0. The van der Waals surface area contributed by atoms with Crippen LogP contribution in [0.25, 0.3) is 0 Å². The number of piperidine rings is 1. The molecule has 0 radical (unpaired) electrons. The fourth-order valence-corrected chi connectivity index (χ4v) is 5.27. The molecule has 5 atom stereocenters. The van der Waals surface area contributed by atoms with Gasteiger partial charge in [-0.25, -0.2) is 9.37 Å². The van der Waals surface area contributed by atoms with Gasteiger partial charge in [0, 0.05) is 31.5 Å². The first-order chi connectivity index (χ1) is 13.3. The van der Waals surface area contributed by atoms with Gasteiger partial charge in [0.05, 0.1) is 12.6 Å². The van der Waals surface area contributed by atoms with Crippen molar-refractivity contribution >= 4 is 17.5 Å². The van der Waals surface area contributed by atoms with Crippen LogP contribution in [0, 0.1) is 17.8 Å². The van der Waals surface area contributed by atoms with E-state index in [0.29, 0.717) is 48.4 Å². The first-order valence-electron chi connectivity index (χ1n) is 10.2. The molecular formula is C20H25F3N4O. The number of carbonyl (C=O) groups is 1. The lowest BCUT2D eigenvalue weighted by Crippen LogP contribution is -2.57. The van der Waals surface area contributed by atoms with Gasteiger partial charge in [-0.3, -0.25) is 0 Å². The molecule has 3 unspecified atom stereocenters. The summed E-state index contributed by atoms with van der Waals surface area (Å²) in [5.74, 6) is -0.626. The summed E-state index contributed by atoms with van der Waals surface area (Å²) in [6.07, 6.45) is 0.386. The number of halogens is 3. The predicted molar refractivity (Wildman–Crippen MR) is 98.5 cm³/mol. The Bertz CT molecular complexity index is 820. The van der Waals surface area contributed by atoms with E-state index in [2.05, 4.69) is 14.9 Å². The zero-order valence-corrected chi connectivity index (χ0v) is 16.2. The monoisotopic (exact) mass is 394 g/mol. The molecule has 0 aromatic carbocycles. The van der Waals surface area contributed by atoms with Gasteiger partial charge < -0.3 is 14.6 Å². The van der Waals surface area contributed by atoms with Gasteiger partial charge in [-0.15, -0.1) is 0 Å². The van der Waals surface area contributed by atoms with Crippen molar-refractivity contribution in [3.63, 3.8) is 0 Å². The maximum absolute atomic E-state index is 14.7. The molecule has 5 nitrogen and oxygen atoms in total. The van der Waals surface area contributed by atoms with E-state index in [4.69, 9.17) is 0 Å². The van der Waals surface area contributed by atoms with Crippen LogP contribution < -0.4 is 9.80 Å². The molecule has 2 aliphatic heterocycles. The second-order valence-electron chi connectivity index (χ2n) is 8.94. The van der Waals surface area contributed by atoms with E-state index in [1.165, 1.54) is 0 Å². The molecule has 4 aliphatic rings. The number of hydrogen-bond acceptors (Lipinski definition) is 5. The van der Waals surface area contributed by atoms with Crippen LogP contribution in [0.5, 0.6) is 0 Å². The van der Waals surface area contributed by atoms with Crippen molar-refractivity contribution in [2.24, 2.45) is 17.8 Å². The summed E-state index contributed by atoms with van der Waals surface area (Å²) in [4.78, 5) is 24.0. The number of anilines is 2. The van der Waals surface area contributed by atoms with Crippen LogP contribution in [-0.4, -0.2) is 47.6 Å². The van der Waals surface area contributed by atoms with Crippen LogP contribution in [0.1, 0.15) is 44.4 Å². The van der Waals surface area contributed by atoms with Crippen molar-refractivity contribution in [3.05, 3.63) is 11.3 Å². The molecule has 2 aliphatic carbocycles. The van der Waals surface area contributed by atoms with Crippen LogP contribution in [0.15, 0.2) is 0 Å². The Kier molecular flexibility index (Phi) is 3.94. The Morgan fingerprint density at radius 3 is 2.54 bits per heavy atom. The molecule has 1 aromatic heterocycles. The van der Waals surface area contributed by atoms with Crippen LogP contribution in [0.4, 0.5) is 24.9 Å². The Morgan fingerprint density at radius 2 is 1.93 bits per heavy atom. The molecule has 152 valence electrons. The Balaban J connectivity index is 1.47. The average molecular weight is 394 g/mol.